The van der Waals surface area contributed by atoms with Gasteiger partial charge in [-0.25, -0.2) is 27.5 Å². The van der Waals surface area contributed by atoms with Gasteiger partial charge in [0.05, 0.1) is 12.4 Å². The van der Waals surface area contributed by atoms with Gasteiger partial charge < -0.3 is 9.62 Å². The first kappa shape index (κ1) is 16.7. The molecule has 1 saturated heterocycles. The molecule has 1 aliphatic rings. The van der Waals surface area contributed by atoms with E-state index < -0.39 is 23.3 Å². The number of aromatic nitrogens is 2. The third-order valence-corrected chi connectivity index (χ3v) is 2.98. The van der Waals surface area contributed by atoms with Crippen LogP contribution in [-0.2, 0) is 20.1 Å². The van der Waals surface area contributed by atoms with Crippen LogP contribution in [0, 0.1) is 23.3 Å². The fourth-order valence-electron chi connectivity index (χ4n) is 2.06. The minimum atomic E-state index is -0.819. The van der Waals surface area contributed by atoms with E-state index in [9.17, 15) is 17.6 Å². The molecule has 0 unspecified atom stereocenters. The van der Waals surface area contributed by atoms with Crippen molar-refractivity contribution in [1.29, 1.82) is 0 Å². The van der Waals surface area contributed by atoms with Crippen LogP contribution in [0.2, 0.25) is 0 Å². The summed E-state index contributed by atoms with van der Waals surface area (Å²) in [6, 6.07) is 1.44. The molecule has 2 aromatic rings. The maximum Gasteiger partial charge on any atom is 0.394 e. The Kier molecular flexibility index (Phi) is 5.02. The van der Waals surface area contributed by atoms with Gasteiger partial charge in [0.15, 0.2) is 23.3 Å². The molecule has 1 fully saturated rings. The Morgan fingerprint density at radius 3 is 1.59 bits per heavy atom. The summed E-state index contributed by atoms with van der Waals surface area (Å²) >= 11 is 0. The maximum absolute atomic E-state index is 13.6. The molecule has 22 heavy (non-hydrogen) atoms. The van der Waals surface area contributed by atoms with Crippen molar-refractivity contribution in [2.45, 2.75) is 0 Å². The molecule has 0 atom stereocenters. The van der Waals surface area contributed by atoms with E-state index in [2.05, 4.69) is 9.97 Å². The number of pyridine rings is 2. The number of nitrogens with zero attached hydrogens (tertiary/aromatic N) is 4. The van der Waals surface area contributed by atoms with Crippen molar-refractivity contribution in [3.63, 3.8) is 0 Å². The molecular formula is C12H8BF4IrN4. The minimum Gasteiger partial charge on any atom is -0.379 e. The summed E-state index contributed by atoms with van der Waals surface area (Å²) in [6.07, 6.45) is 1.79. The Bertz CT molecular complexity index is 633. The van der Waals surface area contributed by atoms with Gasteiger partial charge in [0, 0.05) is 45.3 Å². The van der Waals surface area contributed by atoms with Crippen LogP contribution in [0.15, 0.2) is 24.5 Å². The normalized spacial score (nSPS) is 13.8. The summed E-state index contributed by atoms with van der Waals surface area (Å²) < 4.78 is 52.9. The van der Waals surface area contributed by atoms with Crippen LogP contribution in [0.1, 0.15) is 0 Å². The third-order valence-electron chi connectivity index (χ3n) is 2.98. The van der Waals surface area contributed by atoms with E-state index in [1.54, 1.807) is 0 Å². The van der Waals surface area contributed by atoms with Crippen LogP contribution < -0.4 is 9.62 Å². The zero-order valence-electron chi connectivity index (χ0n) is 10.9. The average molecular weight is 487 g/mol. The smallest absolute Gasteiger partial charge is 0.379 e. The first-order valence-corrected chi connectivity index (χ1v) is 6.05. The fourth-order valence-corrected chi connectivity index (χ4v) is 2.06. The van der Waals surface area contributed by atoms with E-state index in [-0.39, 0.29) is 31.7 Å². The van der Waals surface area contributed by atoms with Crippen molar-refractivity contribution < 1.29 is 37.7 Å². The van der Waals surface area contributed by atoms with Gasteiger partial charge in [-0.05, 0) is 0 Å². The van der Waals surface area contributed by atoms with Gasteiger partial charge in [-0.15, -0.1) is 0 Å². The van der Waals surface area contributed by atoms with Crippen LogP contribution >= 0.6 is 0 Å². The number of rotatable bonds is 2. The second-order valence-electron chi connectivity index (χ2n) is 4.42. The van der Waals surface area contributed by atoms with Crippen molar-refractivity contribution in [3.05, 3.63) is 47.8 Å². The molecule has 0 N–H and O–H groups in total. The van der Waals surface area contributed by atoms with Crippen molar-refractivity contribution in [3.8, 4) is 0 Å². The van der Waals surface area contributed by atoms with E-state index in [0.29, 0.717) is 13.1 Å². The number of halogens is 4. The molecular weight excluding hydrogens is 479 g/mol. The largest absolute Gasteiger partial charge is 0.394 e. The van der Waals surface area contributed by atoms with Gasteiger partial charge in [0.1, 0.15) is 11.6 Å². The van der Waals surface area contributed by atoms with Crippen LogP contribution in [0.25, 0.3) is 0 Å². The van der Waals surface area contributed by atoms with Crippen molar-refractivity contribution in [1.82, 2.24) is 9.97 Å². The van der Waals surface area contributed by atoms with Crippen molar-refractivity contribution in [2.75, 3.05) is 22.7 Å². The molecule has 0 spiro atoms. The van der Waals surface area contributed by atoms with E-state index in [1.807, 2.05) is 0 Å². The zero-order chi connectivity index (χ0) is 15.0. The molecule has 1 aliphatic heterocycles. The Labute approximate surface area is 137 Å². The van der Waals surface area contributed by atoms with Crippen LogP contribution in [0.5, 0.6) is 0 Å². The summed E-state index contributed by atoms with van der Waals surface area (Å²) in [4.78, 5) is 10.1. The molecule has 0 amide bonds. The fraction of sp³-hybridized carbons (Fsp3) is 0.167. The van der Waals surface area contributed by atoms with Crippen LogP contribution in [0.3, 0.4) is 0 Å². The quantitative estimate of drug-likeness (QED) is 0.479. The summed E-state index contributed by atoms with van der Waals surface area (Å²) in [5, 5.41) is 0. The monoisotopic (exact) mass is 488 g/mol. The van der Waals surface area contributed by atoms with Crippen LogP contribution in [0.4, 0.5) is 29.2 Å². The number of hydrogen-bond donors (Lipinski definition) is 0. The third kappa shape index (κ3) is 3.22. The first-order valence-electron chi connectivity index (χ1n) is 6.05. The Morgan fingerprint density at radius 2 is 1.23 bits per heavy atom. The predicted molar refractivity (Wildman–Crippen MR) is 68.8 cm³/mol. The standard InChI is InChI=1S/C12H8BF4N4.Ir/c14-7-3-9(16)11(18-5-7)20-1-2-21(13-20)12-10(17)4-8(15)6-19-12;/h3-6H,1-2H2;. The second-order valence-corrected chi connectivity index (χ2v) is 4.42. The summed E-state index contributed by atoms with van der Waals surface area (Å²) in [5.41, 5.74) is 0. The molecule has 3 heterocycles. The van der Waals surface area contributed by atoms with Crippen molar-refractivity contribution >= 4 is 19.2 Å². The molecule has 116 valence electrons. The summed E-state index contributed by atoms with van der Waals surface area (Å²) in [7, 11) is 1.40. The van der Waals surface area contributed by atoms with Gasteiger partial charge in [-0.3, -0.25) is 0 Å². The summed E-state index contributed by atoms with van der Waals surface area (Å²) in [5.74, 6) is -3.33. The molecule has 10 heteroatoms. The molecule has 3 rings (SSSR count). The molecule has 0 saturated carbocycles. The molecule has 4 nitrogen and oxygen atoms in total. The Balaban J connectivity index is 0.00000176. The molecule has 2 aromatic heterocycles. The minimum absolute atomic E-state index is 0. The van der Waals surface area contributed by atoms with E-state index in [0.717, 1.165) is 24.5 Å². The van der Waals surface area contributed by atoms with Gasteiger partial charge in [-0.2, -0.15) is 0 Å². The van der Waals surface area contributed by atoms with E-state index in [4.69, 9.17) is 0 Å². The molecule has 0 aliphatic carbocycles. The predicted octanol–water partition coefficient (Wildman–Crippen LogP) is 1.89. The molecule has 0 bridgehead atoms. The van der Waals surface area contributed by atoms with Gasteiger partial charge in [0.2, 0.25) is 0 Å². The van der Waals surface area contributed by atoms with Gasteiger partial charge in [-0.1, -0.05) is 0 Å². The average Bonchev–Trinajstić information content (AvgIpc) is 2.87. The molecule has 0 aromatic carbocycles. The topological polar surface area (TPSA) is 32.3 Å². The SMILES string of the molecule is Fc1cnc(N2[B]N(c3ncc(F)cc3F)CC2)c(F)c1.[Ir]. The zero-order valence-corrected chi connectivity index (χ0v) is 13.3. The van der Waals surface area contributed by atoms with Gasteiger partial charge >= 0.3 is 7.55 Å². The molecule has 2 radical (unpaired) electrons. The maximum atomic E-state index is 13.6. The second kappa shape index (κ2) is 6.62. The Morgan fingerprint density at radius 1 is 0.818 bits per heavy atom. The van der Waals surface area contributed by atoms with Crippen molar-refractivity contribution in [2.24, 2.45) is 0 Å². The Hall–Kier alpha value is -1.67. The number of hydrogen-bond acceptors (Lipinski definition) is 4. The van der Waals surface area contributed by atoms with E-state index >= 15 is 0 Å². The first-order chi connectivity index (χ1) is 10.0. The number of anilines is 2. The summed E-state index contributed by atoms with van der Waals surface area (Å²) in [6.45, 7) is 0.627. The van der Waals surface area contributed by atoms with Gasteiger partial charge in [0.25, 0.3) is 0 Å². The van der Waals surface area contributed by atoms with Crippen LogP contribution in [-0.4, -0.2) is 30.6 Å². The van der Waals surface area contributed by atoms with E-state index in [1.165, 1.54) is 17.2 Å².